The van der Waals surface area contributed by atoms with E-state index >= 15 is 0 Å². The van der Waals surface area contributed by atoms with Gasteiger partial charge in [0.05, 0.1) is 16.9 Å². The fourth-order valence-corrected chi connectivity index (χ4v) is 5.09. The second kappa shape index (κ2) is 9.11. The van der Waals surface area contributed by atoms with Gasteiger partial charge in [-0.2, -0.15) is 0 Å². The molecule has 3 nitrogen and oxygen atoms in total. The quantitative estimate of drug-likeness (QED) is 0.182. The molecule has 0 fully saturated rings. The van der Waals surface area contributed by atoms with Gasteiger partial charge >= 0.3 is 0 Å². The van der Waals surface area contributed by atoms with Crippen LogP contribution in [0.25, 0.3) is 50.0 Å². The Labute approximate surface area is 219 Å². The molecule has 0 unspecified atom stereocenters. The third kappa shape index (κ3) is 3.73. The van der Waals surface area contributed by atoms with Crippen molar-refractivity contribution in [3.05, 3.63) is 96.1 Å². The molecule has 0 bridgehead atoms. The van der Waals surface area contributed by atoms with Crippen molar-refractivity contribution < 1.29 is 24.5 Å². The van der Waals surface area contributed by atoms with Gasteiger partial charge in [-0.25, -0.2) is 0 Å². The van der Waals surface area contributed by atoms with Crippen LogP contribution < -0.4 is 0 Å². The number of hydrogen-bond donors (Lipinski definition) is 0. The van der Waals surface area contributed by atoms with Crippen LogP contribution in [0.3, 0.4) is 0 Å². The van der Waals surface area contributed by atoms with Crippen LogP contribution >= 0.6 is 0 Å². The molecule has 0 saturated heterocycles. The summed E-state index contributed by atoms with van der Waals surface area (Å²) in [7, 11) is 0. The van der Waals surface area contributed by atoms with Gasteiger partial charge in [0.2, 0.25) is 0 Å². The zero-order valence-corrected chi connectivity index (χ0v) is 22.7. The molecule has 35 heavy (non-hydrogen) atoms. The molecule has 2 aromatic heterocycles. The molecule has 0 amide bonds. The minimum atomic E-state index is 0. The van der Waals surface area contributed by atoms with E-state index in [4.69, 9.17) is 9.40 Å². The predicted molar refractivity (Wildman–Crippen MR) is 141 cm³/mol. The number of imidazole rings is 1. The van der Waals surface area contributed by atoms with Crippen molar-refractivity contribution in [3.8, 4) is 17.1 Å². The van der Waals surface area contributed by atoms with Crippen LogP contribution in [0.1, 0.15) is 50.7 Å². The Hall–Kier alpha value is -3.20. The Kier molecular flexibility index (Phi) is 6.12. The van der Waals surface area contributed by atoms with Gasteiger partial charge in [0, 0.05) is 42.1 Å². The van der Waals surface area contributed by atoms with Crippen molar-refractivity contribution >= 4 is 33.0 Å². The summed E-state index contributed by atoms with van der Waals surface area (Å²) in [5.74, 6) is 1.48. The second-order valence-corrected chi connectivity index (χ2v) is 9.55. The summed E-state index contributed by atoms with van der Waals surface area (Å²) < 4.78 is 8.87. The molecule has 0 aliphatic heterocycles. The maximum atomic E-state index is 6.53. The van der Waals surface area contributed by atoms with E-state index in [-0.39, 0.29) is 26.0 Å². The molecule has 0 N–H and O–H groups in total. The zero-order valence-electron chi connectivity index (χ0n) is 20.3. The molecule has 0 spiro atoms. The van der Waals surface area contributed by atoms with Crippen LogP contribution in [0.5, 0.6) is 0 Å². The van der Waals surface area contributed by atoms with E-state index < -0.39 is 0 Å². The number of para-hydroxylation sites is 3. The van der Waals surface area contributed by atoms with Gasteiger partial charge in [-0.05, 0) is 41.7 Å². The standard InChI is InChI=1S/C31H27N2O.Ir/c1-19(2)23-18-24-22-14-8-11-17-27(22)34-30(24)28(20(3)4)29(23)33-26-16-10-9-15-25(26)32-31(33)21-12-6-5-7-13-21;/h5-12,14-20H,1-4H3;/q-1;. The van der Waals surface area contributed by atoms with Crippen LogP contribution in [-0.2, 0) is 20.1 Å². The van der Waals surface area contributed by atoms with Crippen LogP contribution in [0, 0.1) is 6.07 Å². The molecule has 4 aromatic carbocycles. The Morgan fingerprint density at radius 1 is 0.829 bits per heavy atom. The molecule has 177 valence electrons. The number of rotatable bonds is 4. The largest absolute Gasteiger partial charge is 0.456 e. The van der Waals surface area contributed by atoms with E-state index in [1.807, 2.05) is 30.3 Å². The Morgan fingerprint density at radius 3 is 2.31 bits per heavy atom. The Morgan fingerprint density at radius 2 is 1.57 bits per heavy atom. The van der Waals surface area contributed by atoms with Gasteiger partial charge in [0.25, 0.3) is 0 Å². The molecule has 6 rings (SSSR count). The van der Waals surface area contributed by atoms with Crippen LogP contribution in [0.4, 0.5) is 0 Å². The van der Waals surface area contributed by atoms with E-state index in [9.17, 15) is 0 Å². The maximum Gasteiger partial charge on any atom is 0.140 e. The monoisotopic (exact) mass is 636 g/mol. The SMILES string of the molecule is CC(C)c1cc2c(oc3ccccc32)c(C(C)C)c1-n1c(-c2[c-]cccc2)nc2ccccc21.[Ir]. The van der Waals surface area contributed by atoms with Crippen molar-refractivity contribution in [1.82, 2.24) is 9.55 Å². The number of aromatic nitrogens is 2. The van der Waals surface area contributed by atoms with Crippen LogP contribution in [-0.4, -0.2) is 9.55 Å². The van der Waals surface area contributed by atoms with Gasteiger partial charge in [-0.3, -0.25) is 4.98 Å². The van der Waals surface area contributed by atoms with E-state index in [2.05, 4.69) is 86.9 Å². The number of nitrogens with zero attached hydrogens (tertiary/aromatic N) is 2. The first-order valence-corrected chi connectivity index (χ1v) is 12.0. The van der Waals surface area contributed by atoms with Crippen LogP contribution in [0.2, 0.25) is 0 Å². The molecule has 2 heterocycles. The Bertz CT molecular complexity index is 1660. The first-order chi connectivity index (χ1) is 16.5. The fourth-order valence-electron chi connectivity index (χ4n) is 5.09. The smallest absolute Gasteiger partial charge is 0.140 e. The molecule has 4 heteroatoms. The normalized spacial score (nSPS) is 11.7. The van der Waals surface area contributed by atoms with Gasteiger partial charge in [0.15, 0.2) is 0 Å². The van der Waals surface area contributed by atoms with Crippen molar-refractivity contribution in [2.24, 2.45) is 0 Å². The van der Waals surface area contributed by atoms with E-state index in [1.54, 1.807) is 0 Å². The topological polar surface area (TPSA) is 31.0 Å². The summed E-state index contributed by atoms with van der Waals surface area (Å²) in [6.07, 6.45) is 0. The predicted octanol–water partition coefficient (Wildman–Crippen LogP) is 8.64. The third-order valence-corrected chi connectivity index (χ3v) is 6.64. The molecular formula is C31H27IrN2O-. The van der Waals surface area contributed by atoms with E-state index in [0.717, 1.165) is 33.6 Å². The van der Waals surface area contributed by atoms with Crippen molar-refractivity contribution in [3.63, 3.8) is 0 Å². The van der Waals surface area contributed by atoms with Crippen molar-refractivity contribution in [2.75, 3.05) is 0 Å². The minimum absolute atomic E-state index is 0. The summed E-state index contributed by atoms with van der Waals surface area (Å²) in [6, 6.07) is 30.5. The summed E-state index contributed by atoms with van der Waals surface area (Å²) >= 11 is 0. The zero-order chi connectivity index (χ0) is 23.4. The number of hydrogen-bond acceptors (Lipinski definition) is 2. The second-order valence-electron chi connectivity index (χ2n) is 9.55. The molecule has 6 aromatic rings. The third-order valence-electron chi connectivity index (χ3n) is 6.64. The summed E-state index contributed by atoms with van der Waals surface area (Å²) in [5.41, 5.74) is 8.64. The number of fused-ring (bicyclic) bond motifs is 4. The summed E-state index contributed by atoms with van der Waals surface area (Å²) in [5, 5.41) is 2.35. The van der Waals surface area contributed by atoms with E-state index in [1.165, 1.54) is 27.6 Å². The van der Waals surface area contributed by atoms with Gasteiger partial charge in [-0.1, -0.05) is 58.0 Å². The molecule has 0 saturated carbocycles. The van der Waals surface area contributed by atoms with Crippen LogP contribution in [0.15, 0.2) is 83.3 Å². The molecular weight excluding hydrogens is 609 g/mol. The summed E-state index contributed by atoms with van der Waals surface area (Å²) in [6.45, 7) is 9.04. The average molecular weight is 636 g/mol. The van der Waals surface area contributed by atoms with E-state index in [0.29, 0.717) is 5.92 Å². The van der Waals surface area contributed by atoms with Crippen molar-refractivity contribution in [1.29, 1.82) is 0 Å². The summed E-state index contributed by atoms with van der Waals surface area (Å²) in [4.78, 5) is 5.08. The molecule has 0 aliphatic carbocycles. The first-order valence-electron chi connectivity index (χ1n) is 12.0. The molecule has 1 radical (unpaired) electrons. The molecule has 0 aliphatic rings. The van der Waals surface area contributed by atoms with Gasteiger partial charge < -0.3 is 8.98 Å². The molecule has 0 atom stereocenters. The average Bonchev–Trinajstić information content (AvgIpc) is 3.41. The number of benzene rings is 4. The van der Waals surface area contributed by atoms with Crippen molar-refractivity contribution in [2.45, 2.75) is 39.5 Å². The van der Waals surface area contributed by atoms with Gasteiger partial charge in [0.1, 0.15) is 11.2 Å². The maximum absolute atomic E-state index is 6.53. The van der Waals surface area contributed by atoms with Gasteiger partial charge in [-0.15, -0.1) is 35.9 Å². The first kappa shape index (κ1) is 23.5. The minimum Gasteiger partial charge on any atom is -0.456 e. The Balaban J connectivity index is 0.00000253. The fraction of sp³-hybridized carbons (Fsp3) is 0.194. The number of furan rings is 1.